The van der Waals surface area contributed by atoms with Crippen LogP contribution >= 0.6 is 15.9 Å². The van der Waals surface area contributed by atoms with E-state index in [1.54, 1.807) is 31.0 Å². The van der Waals surface area contributed by atoms with Crippen molar-refractivity contribution < 1.29 is 0 Å². The number of aromatic nitrogens is 6. The van der Waals surface area contributed by atoms with Gasteiger partial charge in [-0.25, -0.2) is 15.0 Å². The average Bonchev–Trinajstić information content (AvgIpc) is 2.98. The molecule has 0 atom stereocenters. The summed E-state index contributed by atoms with van der Waals surface area (Å²) in [6.07, 6.45) is 10.7. The zero-order valence-corrected chi connectivity index (χ0v) is 21.1. The van der Waals surface area contributed by atoms with Crippen molar-refractivity contribution in [1.29, 1.82) is 0 Å². The largest absolute Gasteiger partial charge is 0.265 e. The lowest BCUT2D eigenvalue weighted by Crippen LogP contribution is -2.00. The van der Waals surface area contributed by atoms with E-state index in [1.165, 1.54) is 0 Å². The summed E-state index contributed by atoms with van der Waals surface area (Å²) in [4.78, 5) is 27.2. The summed E-state index contributed by atoms with van der Waals surface area (Å²) in [5.41, 5.74) is 6.83. The Bertz CT molecular complexity index is 1660. The van der Waals surface area contributed by atoms with Gasteiger partial charge in [0.05, 0.1) is 0 Å². The maximum Gasteiger partial charge on any atom is 0.165 e. The first kappa shape index (κ1) is 22.8. The SMILES string of the molecule is Brc1cc(-c2ccncc2)cc(-c2nc(-c3ccc(-c4cccnc4)cc3)nc(-c3cccnc3)n2)c1. The molecule has 6 aromatic rings. The second kappa shape index (κ2) is 10.2. The second-order valence-electron chi connectivity index (χ2n) is 8.33. The van der Waals surface area contributed by atoms with Gasteiger partial charge in [0.15, 0.2) is 17.5 Å². The molecule has 7 heteroatoms. The van der Waals surface area contributed by atoms with E-state index in [2.05, 4.69) is 55.1 Å². The summed E-state index contributed by atoms with van der Waals surface area (Å²) in [6, 6.07) is 26.1. The Morgan fingerprint density at radius 2 is 0.946 bits per heavy atom. The van der Waals surface area contributed by atoms with Crippen LogP contribution < -0.4 is 0 Å². The van der Waals surface area contributed by atoms with Crippen LogP contribution in [-0.4, -0.2) is 29.9 Å². The summed E-state index contributed by atoms with van der Waals surface area (Å²) >= 11 is 3.66. The van der Waals surface area contributed by atoms with Gasteiger partial charge in [-0.2, -0.15) is 0 Å². The molecule has 6 rings (SSSR count). The molecule has 2 aromatic carbocycles. The van der Waals surface area contributed by atoms with E-state index >= 15 is 0 Å². The molecule has 4 heterocycles. The van der Waals surface area contributed by atoms with Crippen LogP contribution in [0.15, 0.2) is 121 Å². The predicted molar refractivity (Wildman–Crippen MR) is 148 cm³/mol. The summed E-state index contributed by atoms with van der Waals surface area (Å²) in [5.74, 6) is 1.73. The van der Waals surface area contributed by atoms with E-state index in [-0.39, 0.29) is 0 Å². The minimum absolute atomic E-state index is 0.565. The van der Waals surface area contributed by atoms with Crippen molar-refractivity contribution in [2.75, 3.05) is 0 Å². The Morgan fingerprint density at radius 1 is 0.405 bits per heavy atom. The maximum atomic E-state index is 4.89. The fourth-order valence-electron chi connectivity index (χ4n) is 4.03. The third kappa shape index (κ3) is 5.03. The van der Waals surface area contributed by atoms with Gasteiger partial charge in [0.25, 0.3) is 0 Å². The highest BCUT2D eigenvalue weighted by molar-refractivity contribution is 9.10. The Morgan fingerprint density at radius 3 is 1.59 bits per heavy atom. The Labute approximate surface area is 222 Å². The molecular formula is C30H19BrN6. The first-order valence-corrected chi connectivity index (χ1v) is 12.4. The van der Waals surface area contributed by atoms with Crippen LogP contribution in [-0.2, 0) is 0 Å². The molecule has 0 fully saturated rings. The van der Waals surface area contributed by atoms with Gasteiger partial charge in [0.1, 0.15) is 0 Å². The highest BCUT2D eigenvalue weighted by Gasteiger charge is 2.14. The molecule has 0 aliphatic carbocycles. The first-order chi connectivity index (χ1) is 18.2. The standard InChI is InChI=1S/C30H19BrN6/c31-27-16-25(21-9-13-32-14-10-21)15-26(17-27)30-36-28(35-29(37-30)24-4-2-12-34-19-24)22-7-5-20(6-8-22)23-3-1-11-33-18-23/h1-19H. The molecule has 0 saturated carbocycles. The molecule has 0 bridgehead atoms. The zero-order valence-electron chi connectivity index (χ0n) is 19.5. The van der Waals surface area contributed by atoms with Crippen molar-refractivity contribution in [3.8, 4) is 56.4 Å². The van der Waals surface area contributed by atoms with Gasteiger partial charge in [-0.15, -0.1) is 0 Å². The Hall–Kier alpha value is -4.62. The minimum Gasteiger partial charge on any atom is -0.265 e. The third-order valence-electron chi connectivity index (χ3n) is 5.86. The van der Waals surface area contributed by atoms with Crippen molar-refractivity contribution in [1.82, 2.24) is 29.9 Å². The zero-order chi connectivity index (χ0) is 25.0. The Balaban J connectivity index is 1.47. The van der Waals surface area contributed by atoms with E-state index in [9.17, 15) is 0 Å². The number of nitrogens with zero attached hydrogens (tertiary/aromatic N) is 6. The van der Waals surface area contributed by atoms with Crippen molar-refractivity contribution in [3.05, 3.63) is 121 Å². The van der Waals surface area contributed by atoms with Crippen molar-refractivity contribution in [2.24, 2.45) is 0 Å². The van der Waals surface area contributed by atoms with Gasteiger partial charge >= 0.3 is 0 Å². The number of hydrogen-bond acceptors (Lipinski definition) is 6. The van der Waals surface area contributed by atoms with Gasteiger partial charge < -0.3 is 0 Å². The molecule has 37 heavy (non-hydrogen) atoms. The molecule has 176 valence electrons. The normalized spacial score (nSPS) is 10.8. The number of hydrogen-bond donors (Lipinski definition) is 0. The van der Waals surface area contributed by atoms with E-state index < -0.39 is 0 Å². The Kier molecular flexibility index (Phi) is 6.27. The fraction of sp³-hybridized carbons (Fsp3) is 0. The lowest BCUT2D eigenvalue weighted by molar-refractivity contribution is 1.07. The van der Waals surface area contributed by atoms with Crippen LogP contribution in [0.3, 0.4) is 0 Å². The third-order valence-corrected chi connectivity index (χ3v) is 6.32. The summed E-state index contributed by atoms with van der Waals surface area (Å²) in [7, 11) is 0. The molecule has 4 aromatic heterocycles. The number of rotatable bonds is 5. The molecule has 0 amide bonds. The molecule has 6 nitrogen and oxygen atoms in total. The second-order valence-corrected chi connectivity index (χ2v) is 9.25. The monoisotopic (exact) mass is 542 g/mol. The number of pyridine rings is 3. The molecule has 0 unspecified atom stereocenters. The highest BCUT2D eigenvalue weighted by Crippen LogP contribution is 2.31. The van der Waals surface area contributed by atoms with Crippen LogP contribution in [0, 0.1) is 0 Å². The van der Waals surface area contributed by atoms with Crippen LogP contribution in [0.2, 0.25) is 0 Å². The quantitative estimate of drug-likeness (QED) is 0.230. The molecule has 0 N–H and O–H groups in total. The van der Waals surface area contributed by atoms with Crippen LogP contribution in [0.5, 0.6) is 0 Å². The summed E-state index contributed by atoms with van der Waals surface area (Å²) in [5, 5.41) is 0. The first-order valence-electron chi connectivity index (χ1n) is 11.6. The van der Waals surface area contributed by atoms with Crippen molar-refractivity contribution in [3.63, 3.8) is 0 Å². The minimum atomic E-state index is 0.565. The lowest BCUT2D eigenvalue weighted by Gasteiger charge is -2.10. The topological polar surface area (TPSA) is 77.3 Å². The van der Waals surface area contributed by atoms with Crippen LogP contribution in [0.4, 0.5) is 0 Å². The van der Waals surface area contributed by atoms with E-state index in [4.69, 9.17) is 15.0 Å². The lowest BCUT2D eigenvalue weighted by atomic mass is 10.0. The highest BCUT2D eigenvalue weighted by atomic mass is 79.9. The van der Waals surface area contributed by atoms with E-state index in [1.807, 2.05) is 60.8 Å². The van der Waals surface area contributed by atoms with Crippen LogP contribution in [0.1, 0.15) is 0 Å². The van der Waals surface area contributed by atoms with Crippen molar-refractivity contribution in [2.45, 2.75) is 0 Å². The van der Waals surface area contributed by atoms with E-state index in [0.29, 0.717) is 17.5 Å². The maximum absolute atomic E-state index is 4.89. The molecule has 0 spiro atoms. The molecular weight excluding hydrogens is 524 g/mol. The van der Waals surface area contributed by atoms with Gasteiger partial charge in [-0.3, -0.25) is 15.0 Å². The molecule has 0 radical (unpaired) electrons. The summed E-state index contributed by atoms with van der Waals surface area (Å²) in [6.45, 7) is 0. The fourth-order valence-corrected chi connectivity index (χ4v) is 4.53. The van der Waals surface area contributed by atoms with Gasteiger partial charge in [0, 0.05) is 58.3 Å². The summed E-state index contributed by atoms with van der Waals surface area (Å²) < 4.78 is 0.933. The van der Waals surface area contributed by atoms with Crippen LogP contribution in [0.25, 0.3) is 56.4 Å². The van der Waals surface area contributed by atoms with Gasteiger partial charge in [0.2, 0.25) is 0 Å². The molecule has 0 aliphatic rings. The van der Waals surface area contributed by atoms with Gasteiger partial charge in [-0.05, 0) is 70.8 Å². The smallest absolute Gasteiger partial charge is 0.165 e. The average molecular weight is 543 g/mol. The van der Waals surface area contributed by atoms with E-state index in [0.717, 1.165) is 43.4 Å². The molecule has 0 aliphatic heterocycles. The number of halogens is 1. The molecule has 0 saturated heterocycles. The number of benzene rings is 2. The predicted octanol–water partition coefficient (Wildman–Crippen LogP) is 7.15. The van der Waals surface area contributed by atoms with Crippen molar-refractivity contribution >= 4 is 15.9 Å². The van der Waals surface area contributed by atoms with Gasteiger partial charge in [-0.1, -0.05) is 46.3 Å².